The van der Waals surface area contributed by atoms with Crippen molar-refractivity contribution in [1.82, 2.24) is 0 Å². The van der Waals surface area contributed by atoms with Crippen LogP contribution in [0.15, 0.2) is 42.5 Å². The van der Waals surface area contributed by atoms with Gasteiger partial charge in [-0.1, -0.05) is 18.2 Å². The number of carboxylic acid groups (broad SMARTS) is 2. The molecule has 0 aromatic heterocycles. The topological polar surface area (TPSA) is 133 Å². The molecule has 0 radical (unpaired) electrons. The largest absolute Gasteiger partial charge is 1.00 e. The minimum atomic E-state index is -1.40. The number of aromatic carboxylic acids is 2. The van der Waals surface area contributed by atoms with Crippen molar-refractivity contribution in [3.8, 4) is 0 Å². The van der Waals surface area contributed by atoms with Crippen LogP contribution in [0.4, 0.5) is 0 Å². The Hall–Kier alpha value is -1.68. The van der Waals surface area contributed by atoms with Crippen LogP contribution in [0.3, 0.4) is 0 Å². The Morgan fingerprint density at radius 2 is 1.03 bits per heavy atom. The number of carbonyl (C=O) groups is 4. The van der Waals surface area contributed by atoms with Gasteiger partial charge in [-0.05, 0) is 47.9 Å². The molecule has 29 heavy (non-hydrogen) atoms. The van der Waals surface area contributed by atoms with Crippen LogP contribution in [0, 0.1) is 6.92 Å². The predicted molar refractivity (Wildman–Crippen MR) is 89.0 cm³/mol. The third-order valence-corrected chi connectivity index (χ3v) is 3.25. The summed E-state index contributed by atoms with van der Waals surface area (Å²) in [5, 5.41) is 20.8. The van der Waals surface area contributed by atoms with Crippen molar-refractivity contribution in [2.24, 2.45) is 0 Å². The molecule has 0 atom stereocenters. The summed E-state index contributed by atoms with van der Waals surface area (Å²) in [5.41, 5.74) is 0.894. The van der Waals surface area contributed by atoms with Crippen molar-refractivity contribution < 1.29 is 98.0 Å². The number of ether oxygens (including phenoxy) is 2. The Morgan fingerprint density at radius 3 is 1.34 bits per heavy atom. The fourth-order valence-electron chi connectivity index (χ4n) is 2.03. The van der Waals surface area contributed by atoms with Gasteiger partial charge < -0.3 is 29.3 Å². The van der Waals surface area contributed by atoms with Gasteiger partial charge in [0.25, 0.3) is 0 Å². The molecule has 10 heteroatoms. The van der Waals surface area contributed by atoms with Crippen LogP contribution < -0.4 is 69.3 Å². The molecule has 0 aliphatic rings. The summed E-state index contributed by atoms with van der Waals surface area (Å²) < 4.78 is 9.03. The molecule has 142 valence electrons. The molecule has 0 saturated heterocycles. The van der Waals surface area contributed by atoms with Gasteiger partial charge in [-0.2, -0.15) is 0 Å². The first kappa shape index (κ1) is 29.5. The second-order valence-corrected chi connectivity index (χ2v) is 5.23. The maximum Gasteiger partial charge on any atom is 1.00 e. The van der Waals surface area contributed by atoms with Crippen LogP contribution >= 0.6 is 0 Å². The summed E-state index contributed by atoms with van der Waals surface area (Å²) in [5.74, 6) is -3.75. The number of hydrogen-bond donors (Lipinski definition) is 0. The molecule has 2 rings (SSSR count). The van der Waals surface area contributed by atoms with Crippen molar-refractivity contribution in [2.45, 2.75) is 6.92 Å². The molecule has 0 fully saturated rings. The van der Waals surface area contributed by atoms with E-state index >= 15 is 0 Å². The van der Waals surface area contributed by atoms with Gasteiger partial charge in [-0.15, -0.1) is 0 Å². The zero-order valence-electron chi connectivity index (χ0n) is 16.8. The average Bonchev–Trinajstić information content (AvgIpc) is 2.66. The molecule has 0 aliphatic heterocycles. The van der Waals surface area contributed by atoms with E-state index in [4.69, 9.17) is 0 Å². The summed E-state index contributed by atoms with van der Waals surface area (Å²) in [7, 11) is 2.57. The Kier molecular flexibility index (Phi) is 14.6. The van der Waals surface area contributed by atoms with Gasteiger partial charge in [0.2, 0.25) is 0 Å². The number of hydrogen-bond acceptors (Lipinski definition) is 8. The summed E-state index contributed by atoms with van der Waals surface area (Å²) in [4.78, 5) is 43.0. The number of esters is 2. The van der Waals surface area contributed by atoms with E-state index in [1.54, 1.807) is 25.1 Å². The normalized spacial score (nSPS) is 8.79. The number of rotatable bonds is 4. The Bertz CT molecular complexity index is 817. The van der Waals surface area contributed by atoms with Gasteiger partial charge in [-0.3, -0.25) is 0 Å². The van der Waals surface area contributed by atoms with E-state index in [1.165, 1.54) is 32.4 Å². The van der Waals surface area contributed by atoms with Gasteiger partial charge in [0.05, 0.1) is 37.3 Å². The van der Waals surface area contributed by atoms with Gasteiger partial charge >= 0.3 is 71.1 Å². The van der Waals surface area contributed by atoms with Crippen LogP contribution in [0.5, 0.6) is 0 Å². The summed E-state index contributed by atoms with van der Waals surface area (Å²) in [6.07, 6.45) is 0. The molecule has 0 N–H and O–H groups in total. The van der Waals surface area contributed by atoms with Crippen molar-refractivity contribution >= 4 is 23.9 Å². The van der Waals surface area contributed by atoms with E-state index in [2.05, 4.69) is 9.47 Å². The summed E-state index contributed by atoms with van der Waals surface area (Å²) in [6, 6.07) is 9.84. The van der Waals surface area contributed by atoms with E-state index < -0.39 is 23.9 Å². The fraction of sp³-hybridized carbons (Fsp3) is 0.158. The molecular formula is C19H16Na2O8. The monoisotopic (exact) mass is 418 g/mol. The molecule has 0 unspecified atom stereocenters. The van der Waals surface area contributed by atoms with Crippen molar-refractivity contribution in [1.29, 1.82) is 0 Å². The molecule has 2 aromatic carbocycles. The van der Waals surface area contributed by atoms with Crippen LogP contribution in [0.25, 0.3) is 0 Å². The molecule has 0 saturated carbocycles. The van der Waals surface area contributed by atoms with Crippen LogP contribution in [0.2, 0.25) is 0 Å². The number of carbonyl (C=O) groups excluding carboxylic acids is 4. The van der Waals surface area contributed by atoms with Crippen LogP contribution in [-0.4, -0.2) is 38.1 Å². The smallest absolute Gasteiger partial charge is 0.545 e. The number of benzene rings is 2. The molecular weight excluding hydrogens is 402 g/mol. The van der Waals surface area contributed by atoms with Gasteiger partial charge in [0.15, 0.2) is 0 Å². The minimum Gasteiger partial charge on any atom is -0.545 e. The molecule has 0 spiro atoms. The maximum absolute atomic E-state index is 11.1. The third-order valence-electron chi connectivity index (χ3n) is 3.25. The first-order chi connectivity index (χ1) is 12.7. The molecule has 0 amide bonds. The molecule has 0 heterocycles. The third kappa shape index (κ3) is 9.58. The standard InChI is InChI=1S/C10H10O4.C9H8O4.2Na/c1-13-9(11)7-4-3-5-8(6-7)10(12)14-2;1-5-2-6(8(10)11)4-7(3-5)9(12)13;;/h3-6H,1-2H3;2-4H,1H3,(H,10,11)(H,12,13);;/q;;2*+1/p-2. The van der Waals surface area contributed by atoms with Crippen molar-refractivity contribution in [2.75, 3.05) is 14.2 Å². The first-order valence-electron chi connectivity index (χ1n) is 7.50. The number of carboxylic acids is 2. The Balaban J connectivity index is 0. The second kappa shape index (κ2) is 14.3. The zero-order valence-corrected chi connectivity index (χ0v) is 20.8. The Morgan fingerprint density at radius 1 is 0.690 bits per heavy atom. The molecule has 0 bridgehead atoms. The van der Waals surface area contributed by atoms with E-state index in [0.717, 1.165) is 6.07 Å². The predicted octanol–water partition coefficient (Wildman–Crippen LogP) is -6.01. The molecule has 0 aliphatic carbocycles. The van der Waals surface area contributed by atoms with Gasteiger partial charge in [0, 0.05) is 0 Å². The van der Waals surface area contributed by atoms with Gasteiger partial charge in [0.1, 0.15) is 0 Å². The molecule has 2 aromatic rings. The van der Waals surface area contributed by atoms with Crippen LogP contribution in [-0.2, 0) is 9.47 Å². The zero-order chi connectivity index (χ0) is 20.6. The summed E-state index contributed by atoms with van der Waals surface area (Å²) in [6.45, 7) is 1.60. The fourth-order valence-corrected chi connectivity index (χ4v) is 2.03. The van der Waals surface area contributed by atoms with E-state index in [0.29, 0.717) is 16.7 Å². The maximum atomic E-state index is 11.1. The van der Waals surface area contributed by atoms with E-state index in [1.807, 2.05) is 0 Å². The number of aryl methyl sites for hydroxylation is 1. The Labute approximate surface area is 211 Å². The van der Waals surface area contributed by atoms with E-state index in [-0.39, 0.29) is 70.2 Å². The van der Waals surface area contributed by atoms with Crippen molar-refractivity contribution in [3.05, 3.63) is 70.3 Å². The SMILES string of the molecule is COC(=O)c1cccc(C(=O)OC)c1.Cc1cc(C(=O)[O-])cc(C(=O)[O-])c1.[Na+].[Na+]. The minimum absolute atomic E-state index is 0. The quantitative estimate of drug-likeness (QED) is 0.354. The molecule has 8 nitrogen and oxygen atoms in total. The van der Waals surface area contributed by atoms with Crippen LogP contribution in [0.1, 0.15) is 47.0 Å². The average molecular weight is 418 g/mol. The second-order valence-electron chi connectivity index (χ2n) is 5.23. The first-order valence-corrected chi connectivity index (χ1v) is 7.50. The van der Waals surface area contributed by atoms with E-state index in [9.17, 15) is 29.4 Å². The summed E-state index contributed by atoms with van der Waals surface area (Å²) >= 11 is 0. The van der Waals surface area contributed by atoms with Gasteiger partial charge in [-0.25, -0.2) is 9.59 Å². The van der Waals surface area contributed by atoms with Crippen molar-refractivity contribution in [3.63, 3.8) is 0 Å². The number of methoxy groups -OCH3 is 2.